The van der Waals surface area contributed by atoms with Gasteiger partial charge in [-0.3, -0.25) is 4.40 Å². The second kappa shape index (κ2) is 3.21. The van der Waals surface area contributed by atoms with Crippen LogP contribution in [0.3, 0.4) is 0 Å². The summed E-state index contributed by atoms with van der Waals surface area (Å²) in [6.07, 6.45) is 1.61. The fourth-order valence-electron chi connectivity index (χ4n) is 1.14. The number of imidazole rings is 1. The topological polar surface area (TPSA) is 60.4 Å². The third-order valence-electron chi connectivity index (χ3n) is 1.72. The second-order valence-electron chi connectivity index (χ2n) is 2.56. The van der Waals surface area contributed by atoms with Gasteiger partial charge >= 0.3 is 5.82 Å². The number of hydrogen-bond acceptors (Lipinski definition) is 3. The lowest BCUT2D eigenvalue weighted by atomic mass is 10.4. The summed E-state index contributed by atoms with van der Waals surface area (Å²) in [4.78, 5) is 13.8. The molecule has 0 fully saturated rings. The minimum Gasteiger partial charge on any atom is -0.358 e. The molecule has 0 saturated heterocycles. The molecule has 0 aliphatic heterocycles. The Morgan fingerprint density at radius 2 is 2.36 bits per heavy atom. The molecule has 0 bridgehead atoms. The summed E-state index contributed by atoms with van der Waals surface area (Å²) in [7, 11) is 0. The van der Waals surface area contributed by atoms with Crippen molar-refractivity contribution in [1.82, 2.24) is 9.38 Å². The minimum absolute atomic E-state index is 0.209. The van der Waals surface area contributed by atoms with E-state index in [1.807, 2.05) is 0 Å². The lowest BCUT2D eigenvalue weighted by Gasteiger charge is -1.93. The minimum atomic E-state index is -0.545. The second-order valence-corrected chi connectivity index (χ2v) is 3.71. The summed E-state index contributed by atoms with van der Waals surface area (Å²) in [6, 6.07) is 3.13. The van der Waals surface area contributed by atoms with Crippen LogP contribution in [0.4, 0.5) is 5.82 Å². The molecule has 2 rings (SSSR count). The van der Waals surface area contributed by atoms with Crippen LogP contribution in [0, 0.1) is 10.1 Å². The van der Waals surface area contributed by atoms with E-state index >= 15 is 0 Å². The summed E-state index contributed by atoms with van der Waals surface area (Å²) in [6.45, 7) is 0. The van der Waals surface area contributed by atoms with E-state index in [9.17, 15) is 10.1 Å². The normalized spacial score (nSPS) is 10.7. The van der Waals surface area contributed by atoms with Crippen molar-refractivity contribution >= 4 is 38.9 Å². The largest absolute Gasteiger partial charge is 0.390 e. The number of rotatable bonds is 1. The maximum absolute atomic E-state index is 10.6. The molecule has 0 aromatic carbocycles. The summed E-state index contributed by atoms with van der Waals surface area (Å²) in [5.74, 6) is -0.209. The Bertz CT molecular complexity index is 525. The average molecular weight is 276 g/mol. The van der Waals surface area contributed by atoms with E-state index < -0.39 is 4.92 Å². The van der Waals surface area contributed by atoms with Gasteiger partial charge in [0, 0.05) is 27.1 Å². The number of halogens is 2. The number of fused-ring (bicyclic) bond motifs is 1. The van der Waals surface area contributed by atoms with Crippen molar-refractivity contribution < 1.29 is 4.92 Å². The Morgan fingerprint density at radius 3 is 3.00 bits per heavy atom. The van der Waals surface area contributed by atoms with Gasteiger partial charge in [0.15, 0.2) is 0 Å². The zero-order valence-electron chi connectivity index (χ0n) is 6.65. The number of nitrogens with zero attached hydrogens (tertiary/aromatic N) is 3. The van der Waals surface area contributed by atoms with Crippen molar-refractivity contribution in [1.29, 1.82) is 0 Å². The van der Waals surface area contributed by atoms with Crippen LogP contribution < -0.4 is 0 Å². The zero-order valence-corrected chi connectivity index (χ0v) is 8.99. The maximum Gasteiger partial charge on any atom is 0.390 e. The molecule has 0 aliphatic carbocycles. The van der Waals surface area contributed by atoms with Crippen molar-refractivity contribution in [3.05, 3.63) is 38.2 Å². The first-order chi connectivity index (χ1) is 6.59. The smallest absolute Gasteiger partial charge is 0.358 e. The monoisotopic (exact) mass is 275 g/mol. The van der Waals surface area contributed by atoms with Gasteiger partial charge in [-0.05, 0) is 22.0 Å². The van der Waals surface area contributed by atoms with Gasteiger partial charge in [0.2, 0.25) is 0 Å². The molecular weight excluding hydrogens is 273 g/mol. The molecule has 0 aliphatic rings. The van der Waals surface area contributed by atoms with E-state index in [0.29, 0.717) is 15.3 Å². The van der Waals surface area contributed by atoms with Crippen LogP contribution in [-0.4, -0.2) is 14.3 Å². The molecule has 7 heteroatoms. The highest BCUT2D eigenvalue weighted by Gasteiger charge is 2.20. The fourth-order valence-corrected chi connectivity index (χ4v) is 1.78. The molecule has 14 heavy (non-hydrogen) atoms. The van der Waals surface area contributed by atoms with Crippen molar-refractivity contribution in [2.75, 3.05) is 0 Å². The predicted octanol–water partition coefficient (Wildman–Crippen LogP) is 2.66. The average Bonchev–Trinajstić information content (AvgIpc) is 2.43. The Labute approximate surface area is 91.6 Å². The molecule has 0 radical (unpaired) electrons. The molecular formula is C7H3BrClN3O2. The van der Waals surface area contributed by atoms with E-state index in [1.165, 1.54) is 6.07 Å². The summed E-state index contributed by atoms with van der Waals surface area (Å²) in [5, 5.41) is 11.0. The van der Waals surface area contributed by atoms with Gasteiger partial charge in [-0.25, -0.2) is 0 Å². The van der Waals surface area contributed by atoms with Crippen LogP contribution in [0.25, 0.3) is 5.52 Å². The molecule has 0 unspecified atom stereocenters. The highest BCUT2D eigenvalue weighted by Crippen LogP contribution is 2.25. The Hall–Kier alpha value is -1.14. The number of pyridine rings is 1. The fraction of sp³-hybridized carbons (Fsp3) is 0. The van der Waals surface area contributed by atoms with Crippen LogP contribution in [0.15, 0.2) is 23.1 Å². The first-order valence-corrected chi connectivity index (χ1v) is 4.74. The molecule has 0 amide bonds. The van der Waals surface area contributed by atoms with Gasteiger partial charge in [0.05, 0.1) is 0 Å². The highest BCUT2D eigenvalue weighted by atomic mass is 79.9. The van der Waals surface area contributed by atoms with E-state index in [2.05, 4.69) is 20.9 Å². The van der Waals surface area contributed by atoms with Crippen molar-refractivity contribution in [3.8, 4) is 0 Å². The van der Waals surface area contributed by atoms with Gasteiger partial charge in [0.1, 0.15) is 5.52 Å². The number of hydrogen-bond donors (Lipinski definition) is 0. The molecule has 72 valence electrons. The maximum atomic E-state index is 10.6. The van der Waals surface area contributed by atoms with Crippen LogP contribution in [0.2, 0.25) is 5.02 Å². The first kappa shape index (κ1) is 9.42. The lowest BCUT2D eigenvalue weighted by molar-refractivity contribution is -0.387. The van der Waals surface area contributed by atoms with Gasteiger partial charge in [-0.15, -0.1) is 0 Å². The standard InChI is InChI=1S/C7H3BrClN3O2/c8-7-10-6(12(13)14)5-3-4(9)1-2-11(5)7/h1-3H. The van der Waals surface area contributed by atoms with Crippen molar-refractivity contribution in [3.63, 3.8) is 0 Å². The van der Waals surface area contributed by atoms with E-state index in [4.69, 9.17) is 11.6 Å². The number of nitro groups is 1. The van der Waals surface area contributed by atoms with Gasteiger partial charge in [-0.1, -0.05) is 11.6 Å². The Morgan fingerprint density at radius 1 is 1.64 bits per heavy atom. The quantitative estimate of drug-likeness (QED) is 0.594. The van der Waals surface area contributed by atoms with E-state index in [0.717, 1.165) is 0 Å². The zero-order chi connectivity index (χ0) is 10.3. The van der Waals surface area contributed by atoms with Crippen LogP contribution in [-0.2, 0) is 0 Å². The first-order valence-electron chi connectivity index (χ1n) is 3.57. The van der Waals surface area contributed by atoms with Crippen LogP contribution >= 0.6 is 27.5 Å². The Kier molecular flexibility index (Phi) is 2.16. The van der Waals surface area contributed by atoms with E-state index in [1.54, 1.807) is 16.7 Å². The van der Waals surface area contributed by atoms with E-state index in [-0.39, 0.29) is 5.82 Å². The SMILES string of the molecule is O=[N+]([O-])c1nc(Br)n2ccc(Cl)cc12. The molecule has 2 aromatic rings. The predicted molar refractivity (Wildman–Crippen MR) is 54.6 cm³/mol. The third kappa shape index (κ3) is 1.36. The third-order valence-corrected chi connectivity index (χ3v) is 2.51. The molecule has 0 saturated carbocycles. The molecule has 2 aromatic heterocycles. The van der Waals surface area contributed by atoms with Gasteiger partial charge < -0.3 is 10.1 Å². The van der Waals surface area contributed by atoms with Crippen LogP contribution in [0.1, 0.15) is 0 Å². The summed E-state index contributed by atoms with van der Waals surface area (Å²) in [5.41, 5.74) is 0.370. The number of aromatic nitrogens is 2. The molecule has 0 spiro atoms. The highest BCUT2D eigenvalue weighted by molar-refractivity contribution is 9.10. The molecule has 2 heterocycles. The summed E-state index contributed by atoms with van der Waals surface area (Å²) < 4.78 is 1.93. The van der Waals surface area contributed by atoms with Gasteiger partial charge in [-0.2, -0.15) is 0 Å². The van der Waals surface area contributed by atoms with Crippen molar-refractivity contribution in [2.24, 2.45) is 0 Å². The Balaban J connectivity index is 2.85. The summed E-state index contributed by atoms with van der Waals surface area (Å²) >= 11 is 8.84. The lowest BCUT2D eigenvalue weighted by Crippen LogP contribution is -1.88. The van der Waals surface area contributed by atoms with Gasteiger partial charge in [0.25, 0.3) is 4.73 Å². The molecule has 0 N–H and O–H groups in total. The van der Waals surface area contributed by atoms with Crippen molar-refractivity contribution in [2.45, 2.75) is 0 Å². The van der Waals surface area contributed by atoms with Crippen LogP contribution in [0.5, 0.6) is 0 Å². The molecule has 0 atom stereocenters. The molecule has 5 nitrogen and oxygen atoms in total.